The average molecular weight is 307 g/mol. The normalized spacial score (nSPS) is 17.5. The molecule has 0 bridgehead atoms. The van der Waals surface area contributed by atoms with Crippen LogP contribution in [-0.2, 0) is 6.42 Å². The highest BCUT2D eigenvalue weighted by Gasteiger charge is 2.26. The number of aromatic nitrogens is 2. The first-order valence-corrected chi connectivity index (χ1v) is 8.39. The molecule has 0 radical (unpaired) electrons. The van der Waals surface area contributed by atoms with E-state index in [4.69, 9.17) is 21.3 Å². The van der Waals surface area contributed by atoms with Crippen molar-refractivity contribution < 1.29 is 4.74 Å². The molecule has 1 aliphatic rings. The lowest BCUT2D eigenvalue weighted by Crippen LogP contribution is -2.17. The van der Waals surface area contributed by atoms with E-state index in [1.807, 2.05) is 12.1 Å². The number of alkyl halides is 1. The Morgan fingerprint density at radius 3 is 2.81 bits per heavy atom. The molecule has 0 aliphatic heterocycles. The van der Waals surface area contributed by atoms with Crippen LogP contribution in [-0.4, -0.2) is 22.5 Å². The van der Waals surface area contributed by atoms with Crippen LogP contribution in [0.25, 0.3) is 11.0 Å². The summed E-state index contributed by atoms with van der Waals surface area (Å²) in [6.07, 6.45) is 6.20. The fraction of sp³-hybridized carbons (Fsp3) is 0.588. The quantitative estimate of drug-likeness (QED) is 0.756. The molecule has 0 saturated heterocycles. The number of methoxy groups -OCH3 is 1. The molecule has 0 N–H and O–H groups in total. The van der Waals surface area contributed by atoms with Crippen molar-refractivity contribution >= 4 is 22.6 Å². The van der Waals surface area contributed by atoms with E-state index >= 15 is 0 Å². The highest BCUT2D eigenvalue weighted by molar-refractivity contribution is 6.17. The number of rotatable bonds is 5. The zero-order chi connectivity index (χ0) is 14.8. The van der Waals surface area contributed by atoms with Crippen LogP contribution in [0, 0.1) is 5.92 Å². The smallest absolute Gasteiger partial charge is 0.121 e. The van der Waals surface area contributed by atoms with Crippen molar-refractivity contribution in [2.24, 2.45) is 5.92 Å². The van der Waals surface area contributed by atoms with Crippen LogP contribution in [0.2, 0.25) is 0 Å². The van der Waals surface area contributed by atoms with Gasteiger partial charge in [-0.3, -0.25) is 0 Å². The molecule has 1 atom stereocenters. The van der Waals surface area contributed by atoms with Crippen LogP contribution >= 0.6 is 11.6 Å². The largest absolute Gasteiger partial charge is 0.497 e. The molecule has 1 unspecified atom stereocenters. The third-order valence-corrected chi connectivity index (χ3v) is 4.97. The molecule has 1 aromatic carbocycles. The fourth-order valence-corrected chi connectivity index (χ4v) is 3.79. The summed E-state index contributed by atoms with van der Waals surface area (Å²) in [5.41, 5.74) is 2.22. The first-order chi connectivity index (χ1) is 10.2. The van der Waals surface area contributed by atoms with Gasteiger partial charge in [-0.25, -0.2) is 4.98 Å². The van der Waals surface area contributed by atoms with Crippen LogP contribution in [0.5, 0.6) is 5.75 Å². The van der Waals surface area contributed by atoms with E-state index in [0.717, 1.165) is 29.4 Å². The predicted molar refractivity (Wildman–Crippen MR) is 87.4 cm³/mol. The van der Waals surface area contributed by atoms with Crippen LogP contribution in [0.3, 0.4) is 0 Å². The summed E-state index contributed by atoms with van der Waals surface area (Å²) in [4.78, 5) is 4.80. The zero-order valence-corrected chi connectivity index (χ0v) is 13.6. The van der Waals surface area contributed by atoms with E-state index in [-0.39, 0.29) is 0 Å². The molecule has 3 nitrogen and oxygen atoms in total. The van der Waals surface area contributed by atoms with Gasteiger partial charge in [0.25, 0.3) is 0 Å². The van der Waals surface area contributed by atoms with Gasteiger partial charge in [-0.2, -0.15) is 0 Å². The number of fused-ring (bicyclic) bond motifs is 1. The second-order valence-electron chi connectivity index (χ2n) is 5.98. The summed E-state index contributed by atoms with van der Waals surface area (Å²) in [6.45, 7) is 2.33. The Hall–Kier alpha value is -1.22. The number of aryl methyl sites for hydroxylation is 1. The van der Waals surface area contributed by atoms with Gasteiger partial charge in [0.1, 0.15) is 11.6 Å². The van der Waals surface area contributed by atoms with Gasteiger partial charge < -0.3 is 9.30 Å². The lowest BCUT2D eigenvalue weighted by atomic mass is 9.99. The molecule has 114 valence electrons. The third kappa shape index (κ3) is 2.76. The van der Waals surface area contributed by atoms with Crippen molar-refractivity contribution in [2.45, 2.75) is 45.1 Å². The number of nitrogens with zero attached hydrogens (tertiary/aromatic N) is 2. The molecule has 0 amide bonds. The van der Waals surface area contributed by atoms with Crippen LogP contribution < -0.4 is 4.74 Å². The molecule has 0 spiro atoms. The molecule has 3 rings (SSSR count). The van der Waals surface area contributed by atoms with Gasteiger partial charge >= 0.3 is 0 Å². The SMILES string of the molecule is COc1ccc2c(c1)nc(CCCl)n2C(C)C1CCCC1. The van der Waals surface area contributed by atoms with Crippen molar-refractivity contribution in [3.8, 4) is 5.75 Å². The molecule has 1 saturated carbocycles. The van der Waals surface area contributed by atoms with Gasteiger partial charge in [0.15, 0.2) is 0 Å². The zero-order valence-electron chi connectivity index (χ0n) is 12.8. The average Bonchev–Trinajstić information content (AvgIpc) is 3.13. The monoisotopic (exact) mass is 306 g/mol. The Morgan fingerprint density at radius 1 is 1.38 bits per heavy atom. The highest BCUT2D eigenvalue weighted by atomic mass is 35.5. The second-order valence-corrected chi connectivity index (χ2v) is 6.35. The molecule has 4 heteroatoms. The number of benzene rings is 1. The Bertz CT molecular complexity index is 617. The molecule has 1 aromatic heterocycles. The summed E-state index contributed by atoms with van der Waals surface area (Å²) in [6, 6.07) is 6.66. The fourth-order valence-electron chi connectivity index (χ4n) is 3.62. The van der Waals surface area contributed by atoms with Gasteiger partial charge in [0.05, 0.1) is 18.1 Å². The van der Waals surface area contributed by atoms with E-state index < -0.39 is 0 Å². The summed E-state index contributed by atoms with van der Waals surface area (Å²) >= 11 is 5.98. The van der Waals surface area contributed by atoms with E-state index in [9.17, 15) is 0 Å². The highest BCUT2D eigenvalue weighted by Crippen LogP contribution is 2.37. The van der Waals surface area contributed by atoms with E-state index in [1.54, 1.807) is 7.11 Å². The molecule has 21 heavy (non-hydrogen) atoms. The van der Waals surface area contributed by atoms with E-state index in [2.05, 4.69) is 17.6 Å². The van der Waals surface area contributed by atoms with Crippen molar-refractivity contribution in [3.05, 3.63) is 24.0 Å². The number of ether oxygens (including phenoxy) is 1. The molecule has 1 heterocycles. The minimum Gasteiger partial charge on any atom is -0.497 e. The third-order valence-electron chi connectivity index (χ3n) is 4.78. The molecular weight excluding hydrogens is 284 g/mol. The standard InChI is InChI=1S/C17H23ClN2O/c1-12(13-5-3-4-6-13)20-16-8-7-14(21-2)11-15(16)19-17(20)9-10-18/h7-8,11-13H,3-6,9-10H2,1-2H3. The molecule has 2 aromatic rings. The lowest BCUT2D eigenvalue weighted by molar-refractivity contribution is 0.360. The van der Waals surface area contributed by atoms with Gasteiger partial charge in [-0.15, -0.1) is 11.6 Å². The maximum Gasteiger partial charge on any atom is 0.121 e. The van der Waals surface area contributed by atoms with E-state index in [0.29, 0.717) is 11.9 Å². The van der Waals surface area contributed by atoms with Gasteiger partial charge in [0.2, 0.25) is 0 Å². The Morgan fingerprint density at radius 2 is 2.14 bits per heavy atom. The van der Waals surface area contributed by atoms with E-state index in [1.165, 1.54) is 31.2 Å². The van der Waals surface area contributed by atoms with Crippen LogP contribution in [0.1, 0.15) is 44.5 Å². The molecule has 1 fully saturated rings. The Balaban J connectivity index is 2.06. The number of imidazole rings is 1. The van der Waals surface area contributed by atoms with Crippen molar-refractivity contribution in [1.82, 2.24) is 9.55 Å². The summed E-state index contributed by atoms with van der Waals surface area (Å²) < 4.78 is 7.73. The van der Waals surface area contributed by atoms with Gasteiger partial charge in [-0.1, -0.05) is 12.8 Å². The molecular formula is C17H23ClN2O. The predicted octanol–water partition coefficient (Wildman–Crippen LogP) is 4.58. The number of halogens is 1. The second kappa shape index (κ2) is 6.27. The maximum absolute atomic E-state index is 5.98. The number of hydrogen-bond acceptors (Lipinski definition) is 2. The van der Waals surface area contributed by atoms with Crippen molar-refractivity contribution in [3.63, 3.8) is 0 Å². The first kappa shape index (κ1) is 14.7. The van der Waals surface area contributed by atoms with Gasteiger partial charge in [0, 0.05) is 24.4 Å². The van der Waals surface area contributed by atoms with Gasteiger partial charge in [-0.05, 0) is 37.8 Å². The van der Waals surface area contributed by atoms with Crippen molar-refractivity contribution in [1.29, 1.82) is 0 Å². The maximum atomic E-state index is 5.98. The van der Waals surface area contributed by atoms with Crippen molar-refractivity contribution in [2.75, 3.05) is 13.0 Å². The lowest BCUT2D eigenvalue weighted by Gasteiger charge is -2.23. The van der Waals surface area contributed by atoms with Crippen LogP contribution in [0.15, 0.2) is 18.2 Å². The number of hydrogen-bond donors (Lipinski definition) is 0. The summed E-state index contributed by atoms with van der Waals surface area (Å²) in [5.74, 6) is 3.34. The summed E-state index contributed by atoms with van der Waals surface area (Å²) in [5, 5.41) is 0. The molecule has 1 aliphatic carbocycles. The minimum atomic E-state index is 0.490. The van der Waals surface area contributed by atoms with Crippen LogP contribution in [0.4, 0.5) is 0 Å². The first-order valence-electron chi connectivity index (χ1n) is 7.85. The topological polar surface area (TPSA) is 27.1 Å². The summed E-state index contributed by atoms with van der Waals surface area (Å²) in [7, 11) is 1.69. The minimum absolute atomic E-state index is 0.490. The Labute approximate surface area is 131 Å². The Kier molecular flexibility index (Phi) is 4.39.